The second kappa shape index (κ2) is 6.14. The van der Waals surface area contributed by atoms with E-state index in [1.165, 1.54) is 5.56 Å². The van der Waals surface area contributed by atoms with Gasteiger partial charge < -0.3 is 10.1 Å². The summed E-state index contributed by atoms with van der Waals surface area (Å²) in [4.78, 5) is 0. The van der Waals surface area contributed by atoms with Crippen LogP contribution in [0.15, 0.2) is 18.2 Å². The molecule has 0 heterocycles. The molecule has 0 radical (unpaired) electrons. The number of hydrogen-bond acceptors (Lipinski definition) is 4. The van der Waals surface area contributed by atoms with Gasteiger partial charge in [-0.1, -0.05) is 19.9 Å². The van der Waals surface area contributed by atoms with E-state index in [0.29, 0.717) is 6.42 Å². The molecule has 2 unspecified atom stereocenters. The normalized spacial score (nSPS) is 22.4. The Bertz CT molecular complexity index is 568. The average Bonchev–Trinajstić information content (AvgIpc) is 2.47. The van der Waals surface area contributed by atoms with Crippen molar-refractivity contribution < 1.29 is 13.2 Å². The van der Waals surface area contributed by atoms with Crippen LogP contribution in [-0.4, -0.2) is 33.1 Å². The molecule has 0 fully saturated rings. The van der Waals surface area contributed by atoms with E-state index in [4.69, 9.17) is 4.74 Å². The lowest BCUT2D eigenvalue weighted by Gasteiger charge is -2.33. The number of sulfone groups is 1. The predicted octanol–water partition coefficient (Wildman–Crippen LogP) is 2.10. The molecule has 1 aromatic rings. The van der Waals surface area contributed by atoms with Gasteiger partial charge in [0, 0.05) is 11.8 Å². The van der Waals surface area contributed by atoms with Gasteiger partial charge in [0.25, 0.3) is 0 Å². The molecule has 2 rings (SSSR count). The minimum atomic E-state index is -3.04. The molecule has 1 aliphatic rings. The van der Waals surface area contributed by atoms with Crippen molar-refractivity contribution >= 4 is 9.84 Å². The number of ether oxygens (including phenoxy) is 1. The van der Waals surface area contributed by atoms with E-state index < -0.39 is 9.84 Å². The Morgan fingerprint density at radius 3 is 2.70 bits per heavy atom. The minimum Gasteiger partial charge on any atom is -0.497 e. The molecule has 2 atom stereocenters. The van der Waals surface area contributed by atoms with Crippen LogP contribution in [-0.2, 0) is 16.3 Å². The van der Waals surface area contributed by atoms with Crippen molar-refractivity contribution in [3.8, 4) is 5.75 Å². The van der Waals surface area contributed by atoms with Crippen LogP contribution >= 0.6 is 0 Å². The van der Waals surface area contributed by atoms with E-state index in [-0.39, 0.29) is 17.0 Å². The second-order valence-electron chi connectivity index (χ2n) is 5.13. The van der Waals surface area contributed by atoms with Crippen molar-refractivity contribution in [1.82, 2.24) is 5.32 Å². The largest absolute Gasteiger partial charge is 0.497 e. The molecule has 112 valence electrons. The summed E-state index contributed by atoms with van der Waals surface area (Å²) in [6.07, 6.45) is 1.46. The zero-order chi connectivity index (χ0) is 14.8. The maximum Gasteiger partial charge on any atom is 0.154 e. The molecule has 1 aliphatic carbocycles. The van der Waals surface area contributed by atoms with Crippen LogP contribution in [0.1, 0.15) is 37.4 Å². The number of benzene rings is 1. The summed E-state index contributed by atoms with van der Waals surface area (Å²) >= 11 is 0. The van der Waals surface area contributed by atoms with Gasteiger partial charge in [-0.15, -0.1) is 0 Å². The van der Waals surface area contributed by atoms with Crippen molar-refractivity contribution in [3.05, 3.63) is 29.3 Å². The van der Waals surface area contributed by atoms with Crippen LogP contribution < -0.4 is 10.1 Å². The third-order valence-corrected chi connectivity index (χ3v) is 6.28. The Balaban J connectivity index is 2.42. The third kappa shape index (κ3) is 2.83. The van der Waals surface area contributed by atoms with Gasteiger partial charge in [-0.3, -0.25) is 0 Å². The van der Waals surface area contributed by atoms with Crippen LogP contribution in [0.3, 0.4) is 0 Å². The number of fused-ring (bicyclic) bond motifs is 1. The monoisotopic (exact) mass is 297 g/mol. The number of nitrogens with one attached hydrogen (secondary N) is 1. The summed E-state index contributed by atoms with van der Waals surface area (Å²) in [5.41, 5.74) is 2.29. The summed E-state index contributed by atoms with van der Waals surface area (Å²) in [5.74, 6) is 1.03. The molecule has 0 bridgehead atoms. The molecular formula is C15H23NO3S. The maximum atomic E-state index is 12.3. The SMILES string of the molecule is CCNC1c2ccc(OC)cc2CCC1S(=O)(=O)CC. The van der Waals surface area contributed by atoms with Gasteiger partial charge in [-0.25, -0.2) is 8.42 Å². The number of methoxy groups -OCH3 is 1. The Hall–Kier alpha value is -1.07. The van der Waals surface area contributed by atoms with Gasteiger partial charge in [0.15, 0.2) is 9.84 Å². The zero-order valence-electron chi connectivity index (χ0n) is 12.3. The van der Waals surface area contributed by atoms with Crippen LogP contribution in [0.25, 0.3) is 0 Å². The van der Waals surface area contributed by atoms with Crippen LogP contribution in [0.5, 0.6) is 5.75 Å². The Labute approximate surface area is 121 Å². The van der Waals surface area contributed by atoms with Crippen LogP contribution in [0.4, 0.5) is 0 Å². The summed E-state index contributed by atoms with van der Waals surface area (Å²) < 4.78 is 29.9. The zero-order valence-corrected chi connectivity index (χ0v) is 13.2. The highest BCUT2D eigenvalue weighted by Gasteiger charge is 2.36. The highest BCUT2D eigenvalue weighted by molar-refractivity contribution is 7.92. The molecule has 1 N–H and O–H groups in total. The van der Waals surface area contributed by atoms with E-state index in [9.17, 15) is 8.42 Å². The van der Waals surface area contributed by atoms with E-state index in [1.54, 1.807) is 14.0 Å². The van der Waals surface area contributed by atoms with Gasteiger partial charge in [0.1, 0.15) is 5.75 Å². The Morgan fingerprint density at radius 1 is 1.35 bits per heavy atom. The fourth-order valence-corrected chi connectivity index (χ4v) is 4.52. The van der Waals surface area contributed by atoms with Gasteiger partial charge in [-0.05, 0) is 42.6 Å². The van der Waals surface area contributed by atoms with Crippen molar-refractivity contribution in [2.75, 3.05) is 19.4 Å². The topological polar surface area (TPSA) is 55.4 Å². The first-order valence-electron chi connectivity index (χ1n) is 7.15. The van der Waals surface area contributed by atoms with Crippen LogP contribution in [0.2, 0.25) is 0 Å². The number of rotatable bonds is 5. The Kier molecular flexibility index (Phi) is 4.70. The maximum absolute atomic E-state index is 12.3. The molecule has 0 saturated carbocycles. The lowest BCUT2D eigenvalue weighted by Crippen LogP contribution is -2.41. The molecule has 0 amide bonds. The molecule has 0 aromatic heterocycles. The number of hydrogen-bond donors (Lipinski definition) is 1. The van der Waals surface area contributed by atoms with Crippen molar-refractivity contribution in [2.45, 2.75) is 38.0 Å². The standard InChI is InChI=1S/C15H23NO3S/c1-4-16-15-13-8-7-12(19-3)10-11(13)6-9-14(15)20(17,18)5-2/h7-8,10,14-16H,4-6,9H2,1-3H3. The van der Waals surface area contributed by atoms with Crippen molar-refractivity contribution in [2.24, 2.45) is 0 Å². The van der Waals surface area contributed by atoms with E-state index in [1.807, 2.05) is 25.1 Å². The molecule has 0 aliphatic heterocycles. The smallest absolute Gasteiger partial charge is 0.154 e. The fourth-order valence-electron chi connectivity index (χ4n) is 2.96. The predicted molar refractivity (Wildman–Crippen MR) is 81.0 cm³/mol. The summed E-state index contributed by atoms with van der Waals surface area (Å²) in [6, 6.07) is 5.82. The highest BCUT2D eigenvalue weighted by Crippen LogP contribution is 2.36. The second-order valence-corrected chi connectivity index (χ2v) is 7.64. The van der Waals surface area contributed by atoms with E-state index >= 15 is 0 Å². The van der Waals surface area contributed by atoms with Gasteiger partial charge in [-0.2, -0.15) is 0 Å². The molecule has 5 heteroatoms. The summed E-state index contributed by atoms with van der Waals surface area (Å²) in [6.45, 7) is 4.49. The lowest BCUT2D eigenvalue weighted by atomic mass is 9.87. The highest BCUT2D eigenvalue weighted by atomic mass is 32.2. The van der Waals surface area contributed by atoms with Crippen molar-refractivity contribution in [3.63, 3.8) is 0 Å². The quantitative estimate of drug-likeness (QED) is 0.904. The molecule has 1 aromatic carbocycles. The summed E-state index contributed by atoms with van der Waals surface area (Å²) in [7, 11) is -1.40. The fraction of sp³-hybridized carbons (Fsp3) is 0.600. The first kappa shape index (κ1) is 15.3. The number of aryl methyl sites for hydroxylation is 1. The first-order valence-corrected chi connectivity index (χ1v) is 8.86. The van der Waals surface area contributed by atoms with Crippen molar-refractivity contribution in [1.29, 1.82) is 0 Å². The first-order chi connectivity index (χ1) is 9.53. The lowest BCUT2D eigenvalue weighted by molar-refractivity contribution is 0.411. The van der Waals surface area contributed by atoms with Gasteiger partial charge in [0.2, 0.25) is 0 Å². The van der Waals surface area contributed by atoms with E-state index in [2.05, 4.69) is 5.32 Å². The molecule has 4 nitrogen and oxygen atoms in total. The molecule has 0 saturated heterocycles. The molecule has 20 heavy (non-hydrogen) atoms. The minimum absolute atomic E-state index is 0.111. The Morgan fingerprint density at radius 2 is 2.10 bits per heavy atom. The third-order valence-electron chi connectivity index (χ3n) is 4.04. The average molecular weight is 297 g/mol. The summed E-state index contributed by atoms with van der Waals surface area (Å²) in [5, 5.41) is 3.02. The van der Waals surface area contributed by atoms with Crippen LogP contribution in [0, 0.1) is 0 Å². The molecular weight excluding hydrogens is 274 g/mol. The van der Waals surface area contributed by atoms with Gasteiger partial charge >= 0.3 is 0 Å². The molecule has 0 spiro atoms. The van der Waals surface area contributed by atoms with E-state index in [0.717, 1.165) is 24.3 Å². The van der Waals surface area contributed by atoms with Gasteiger partial charge in [0.05, 0.1) is 12.4 Å².